The first-order valence-electron chi connectivity index (χ1n) is 3.76. The van der Waals surface area contributed by atoms with E-state index in [1.807, 2.05) is 6.08 Å². The summed E-state index contributed by atoms with van der Waals surface area (Å²) < 4.78 is 0. The highest BCUT2D eigenvalue weighted by atomic mass is 32.1. The molecule has 0 aromatic carbocycles. The van der Waals surface area contributed by atoms with Gasteiger partial charge in [0.2, 0.25) is 0 Å². The van der Waals surface area contributed by atoms with E-state index < -0.39 is 0 Å². The zero-order valence-electron chi connectivity index (χ0n) is 6.71. The Morgan fingerprint density at radius 1 is 1.82 bits per heavy atom. The van der Waals surface area contributed by atoms with E-state index in [1.165, 1.54) is 5.56 Å². The highest BCUT2D eigenvalue weighted by molar-refractivity contribution is 7.07. The van der Waals surface area contributed by atoms with Crippen LogP contribution in [0.1, 0.15) is 18.5 Å². The van der Waals surface area contributed by atoms with E-state index >= 15 is 0 Å². The van der Waals surface area contributed by atoms with Crippen LogP contribution in [0.3, 0.4) is 0 Å². The Labute approximate surface area is 71.8 Å². The van der Waals surface area contributed by atoms with Gasteiger partial charge >= 0.3 is 0 Å². The predicted molar refractivity (Wildman–Crippen MR) is 50.9 cm³/mol. The van der Waals surface area contributed by atoms with Crippen LogP contribution in [0.4, 0.5) is 0 Å². The Kier molecular flexibility index (Phi) is 3.33. The molecule has 0 fully saturated rings. The molecule has 0 bridgehead atoms. The number of likely N-dealkylation sites (N-methyl/N-ethyl adjacent to an activating group) is 1. The van der Waals surface area contributed by atoms with Crippen LogP contribution in [-0.4, -0.2) is 6.54 Å². The molecule has 0 radical (unpaired) electrons. The molecule has 0 amide bonds. The molecule has 1 atom stereocenters. The van der Waals surface area contributed by atoms with Gasteiger partial charge in [-0.25, -0.2) is 0 Å². The van der Waals surface area contributed by atoms with Gasteiger partial charge in [-0.3, -0.25) is 0 Å². The van der Waals surface area contributed by atoms with Gasteiger partial charge in [0, 0.05) is 0 Å². The van der Waals surface area contributed by atoms with Crippen molar-refractivity contribution in [2.45, 2.75) is 13.0 Å². The molecule has 11 heavy (non-hydrogen) atoms. The molecule has 1 aromatic heterocycles. The van der Waals surface area contributed by atoms with Crippen LogP contribution in [0.15, 0.2) is 29.5 Å². The van der Waals surface area contributed by atoms with E-state index in [1.54, 1.807) is 11.3 Å². The molecular formula is C9H13NS. The minimum absolute atomic E-state index is 0.325. The summed E-state index contributed by atoms with van der Waals surface area (Å²) >= 11 is 1.72. The van der Waals surface area contributed by atoms with Crippen molar-refractivity contribution in [3.8, 4) is 0 Å². The van der Waals surface area contributed by atoms with E-state index in [9.17, 15) is 0 Å². The van der Waals surface area contributed by atoms with Crippen LogP contribution in [-0.2, 0) is 0 Å². The fourth-order valence-electron chi connectivity index (χ4n) is 1.01. The number of nitrogens with one attached hydrogen (secondary N) is 1. The lowest BCUT2D eigenvalue weighted by Crippen LogP contribution is -2.17. The van der Waals surface area contributed by atoms with Gasteiger partial charge in [0.05, 0.1) is 6.04 Å². The van der Waals surface area contributed by atoms with Crippen molar-refractivity contribution in [3.05, 3.63) is 35.0 Å². The molecule has 1 nitrogen and oxygen atoms in total. The van der Waals surface area contributed by atoms with E-state index in [0.717, 1.165) is 6.54 Å². The van der Waals surface area contributed by atoms with Crippen LogP contribution >= 0.6 is 11.3 Å². The summed E-state index contributed by atoms with van der Waals surface area (Å²) in [7, 11) is 0. The van der Waals surface area contributed by atoms with Crippen molar-refractivity contribution >= 4 is 11.3 Å². The maximum atomic E-state index is 3.78. The molecule has 0 aliphatic rings. The molecule has 0 spiro atoms. The summed E-state index contributed by atoms with van der Waals surface area (Å²) in [5.74, 6) is 0. The number of thiophene rings is 1. The molecule has 1 N–H and O–H groups in total. The first-order chi connectivity index (χ1) is 5.38. The molecule has 1 heterocycles. The topological polar surface area (TPSA) is 12.0 Å². The van der Waals surface area contributed by atoms with E-state index in [0.29, 0.717) is 6.04 Å². The molecule has 0 saturated carbocycles. The van der Waals surface area contributed by atoms with Gasteiger partial charge in [0.25, 0.3) is 0 Å². The molecule has 1 aromatic rings. The first-order valence-corrected chi connectivity index (χ1v) is 4.70. The maximum Gasteiger partial charge on any atom is 0.0511 e. The van der Waals surface area contributed by atoms with Crippen molar-refractivity contribution in [3.63, 3.8) is 0 Å². The van der Waals surface area contributed by atoms with Crippen molar-refractivity contribution in [2.75, 3.05) is 6.54 Å². The summed E-state index contributed by atoms with van der Waals surface area (Å²) in [5, 5.41) is 7.56. The van der Waals surface area contributed by atoms with Crippen molar-refractivity contribution in [2.24, 2.45) is 0 Å². The smallest absolute Gasteiger partial charge is 0.0511 e. The average Bonchev–Trinajstić information content (AvgIpc) is 2.52. The molecule has 60 valence electrons. The van der Waals surface area contributed by atoms with Gasteiger partial charge in [-0.1, -0.05) is 13.0 Å². The second-order valence-corrected chi connectivity index (χ2v) is 3.11. The van der Waals surface area contributed by atoms with Gasteiger partial charge in [-0.15, -0.1) is 6.58 Å². The largest absolute Gasteiger partial charge is 0.307 e. The summed E-state index contributed by atoms with van der Waals surface area (Å²) in [6.07, 6.45) is 1.94. The number of hydrogen-bond acceptors (Lipinski definition) is 2. The molecule has 0 aliphatic carbocycles. The normalized spacial score (nSPS) is 12.8. The lowest BCUT2D eigenvalue weighted by molar-refractivity contribution is 0.651. The summed E-state index contributed by atoms with van der Waals surface area (Å²) in [5.41, 5.74) is 1.31. The third kappa shape index (κ3) is 2.17. The van der Waals surface area contributed by atoms with Crippen molar-refractivity contribution < 1.29 is 0 Å². The Hall–Kier alpha value is -0.600. The second-order valence-electron chi connectivity index (χ2n) is 2.33. The molecule has 2 heteroatoms. The summed E-state index contributed by atoms with van der Waals surface area (Å²) in [6, 6.07) is 2.45. The first kappa shape index (κ1) is 8.50. The van der Waals surface area contributed by atoms with Gasteiger partial charge < -0.3 is 5.32 Å². The molecule has 1 unspecified atom stereocenters. The second kappa shape index (κ2) is 4.31. The Balaban J connectivity index is 2.63. The number of hydrogen-bond donors (Lipinski definition) is 1. The van der Waals surface area contributed by atoms with Crippen molar-refractivity contribution in [1.82, 2.24) is 5.32 Å². The van der Waals surface area contributed by atoms with E-state index in [4.69, 9.17) is 0 Å². The van der Waals surface area contributed by atoms with Crippen LogP contribution in [0.2, 0.25) is 0 Å². The van der Waals surface area contributed by atoms with Gasteiger partial charge in [-0.05, 0) is 28.9 Å². The van der Waals surface area contributed by atoms with E-state index in [-0.39, 0.29) is 0 Å². The van der Waals surface area contributed by atoms with Crippen LogP contribution in [0.5, 0.6) is 0 Å². The van der Waals surface area contributed by atoms with Gasteiger partial charge in [-0.2, -0.15) is 11.3 Å². The fourth-order valence-corrected chi connectivity index (χ4v) is 1.71. The number of rotatable bonds is 4. The quantitative estimate of drug-likeness (QED) is 0.680. The Morgan fingerprint density at radius 2 is 2.64 bits per heavy atom. The monoisotopic (exact) mass is 167 g/mol. The third-order valence-corrected chi connectivity index (χ3v) is 2.26. The van der Waals surface area contributed by atoms with Gasteiger partial charge in [0.15, 0.2) is 0 Å². The Morgan fingerprint density at radius 3 is 3.09 bits per heavy atom. The Bertz CT molecular complexity index is 203. The van der Waals surface area contributed by atoms with Crippen LogP contribution in [0.25, 0.3) is 0 Å². The average molecular weight is 167 g/mol. The summed E-state index contributed by atoms with van der Waals surface area (Å²) in [4.78, 5) is 0. The fraction of sp³-hybridized carbons (Fsp3) is 0.333. The standard InChI is InChI=1S/C9H13NS/c1-3-9(10-4-2)8-5-6-11-7-8/h3,5-7,9-10H,1,4H2,2H3. The zero-order valence-corrected chi connectivity index (χ0v) is 7.53. The van der Waals surface area contributed by atoms with Crippen LogP contribution in [0, 0.1) is 0 Å². The third-order valence-electron chi connectivity index (χ3n) is 1.56. The highest BCUT2D eigenvalue weighted by Gasteiger charge is 2.03. The lowest BCUT2D eigenvalue weighted by Gasteiger charge is -2.10. The van der Waals surface area contributed by atoms with Crippen molar-refractivity contribution in [1.29, 1.82) is 0 Å². The maximum absolute atomic E-state index is 3.78. The van der Waals surface area contributed by atoms with E-state index in [2.05, 4.69) is 35.6 Å². The highest BCUT2D eigenvalue weighted by Crippen LogP contribution is 2.16. The summed E-state index contributed by atoms with van der Waals surface area (Å²) in [6.45, 7) is 6.86. The minimum atomic E-state index is 0.325. The molecule has 0 saturated heterocycles. The SMILES string of the molecule is C=CC(NCC)c1ccsc1. The minimum Gasteiger partial charge on any atom is -0.307 e. The predicted octanol–water partition coefficient (Wildman–Crippen LogP) is 2.58. The molecule has 1 rings (SSSR count). The van der Waals surface area contributed by atoms with Gasteiger partial charge in [0.1, 0.15) is 0 Å². The zero-order chi connectivity index (χ0) is 8.10. The lowest BCUT2D eigenvalue weighted by atomic mass is 10.1. The van der Waals surface area contributed by atoms with Crippen LogP contribution < -0.4 is 5.32 Å². The molecular weight excluding hydrogens is 154 g/mol. The molecule has 0 aliphatic heterocycles.